The first-order valence-electron chi connectivity index (χ1n) is 6.50. The van der Waals surface area contributed by atoms with Crippen LogP contribution in [0.15, 0.2) is 42.5 Å². The molecule has 0 amide bonds. The van der Waals surface area contributed by atoms with Gasteiger partial charge in [0.25, 0.3) is 0 Å². The molecule has 2 rings (SSSR count). The molecule has 0 aromatic heterocycles. The maximum Gasteiger partial charge on any atom is 0.0941 e. The smallest absolute Gasteiger partial charge is 0.0941 e. The van der Waals surface area contributed by atoms with Gasteiger partial charge in [-0.25, -0.2) is 0 Å². The van der Waals surface area contributed by atoms with Crippen molar-refractivity contribution < 1.29 is 5.11 Å². The molecule has 0 aliphatic carbocycles. The summed E-state index contributed by atoms with van der Waals surface area (Å²) in [5, 5.41) is 12.6. The fraction of sp³-hybridized carbons (Fsp3) is 0.375. The lowest BCUT2D eigenvalue weighted by Gasteiger charge is -2.21. The Morgan fingerprint density at radius 3 is 2.39 bits per heavy atom. The van der Waals surface area contributed by atoms with Crippen molar-refractivity contribution in [2.45, 2.75) is 32.4 Å². The van der Waals surface area contributed by atoms with Gasteiger partial charge in [0.15, 0.2) is 0 Å². The number of hydrogen-bond donors (Lipinski definition) is 2. The molecular weight excluding hydrogens is 222 g/mol. The van der Waals surface area contributed by atoms with Crippen molar-refractivity contribution in [2.75, 3.05) is 0 Å². The monoisotopic (exact) mass is 243 g/mol. The molecule has 0 fully saturated rings. The largest absolute Gasteiger partial charge is 0.387 e. The molecule has 18 heavy (non-hydrogen) atoms. The highest BCUT2D eigenvalue weighted by atomic mass is 16.3. The summed E-state index contributed by atoms with van der Waals surface area (Å²) in [6.45, 7) is 4.24. The zero-order valence-corrected chi connectivity index (χ0v) is 11.0. The lowest BCUT2D eigenvalue weighted by Crippen LogP contribution is -2.29. The summed E-state index contributed by atoms with van der Waals surface area (Å²) < 4.78 is 0. The van der Waals surface area contributed by atoms with Crippen LogP contribution in [0, 0.1) is 5.92 Å². The number of fused-ring (bicyclic) bond motifs is 1. The molecule has 2 unspecified atom stereocenters. The number of nitrogens with two attached hydrogens (primary N) is 1. The minimum atomic E-state index is -0.586. The van der Waals surface area contributed by atoms with E-state index in [1.165, 1.54) is 5.39 Å². The Kier molecular flexibility index (Phi) is 4.00. The van der Waals surface area contributed by atoms with Crippen molar-refractivity contribution in [3.63, 3.8) is 0 Å². The molecule has 0 bridgehead atoms. The maximum atomic E-state index is 10.3. The fourth-order valence-electron chi connectivity index (χ4n) is 2.31. The van der Waals surface area contributed by atoms with Crippen molar-refractivity contribution in [3.8, 4) is 0 Å². The van der Waals surface area contributed by atoms with E-state index in [2.05, 4.69) is 26.0 Å². The molecule has 0 radical (unpaired) electrons. The normalized spacial score (nSPS) is 14.9. The molecule has 3 N–H and O–H groups in total. The fourth-order valence-corrected chi connectivity index (χ4v) is 2.31. The number of rotatable bonds is 4. The van der Waals surface area contributed by atoms with Crippen LogP contribution < -0.4 is 5.73 Å². The molecule has 0 spiro atoms. The van der Waals surface area contributed by atoms with E-state index in [0.29, 0.717) is 5.92 Å². The Labute approximate surface area is 108 Å². The SMILES string of the molecule is CC(C)CC(N)C(O)c1ccc2ccccc2c1. The summed E-state index contributed by atoms with van der Waals surface area (Å²) in [5.41, 5.74) is 6.95. The van der Waals surface area contributed by atoms with Gasteiger partial charge in [0, 0.05) is 6.04 Å². The second-order valence-electron chi connectivity index (χ2n) is 5.34. The average Bonchev–Trinajstić information content (AvgIpc) is 2.36. The standard InChI is InChI=1S/C16H21NO/c1-11(2)9-15(17)16(18)14-8-7-12-5-3-4-6-13(12)10-14/h3-8,10-11,15-16,18H,9,17H2,1-2H3. The Bertz CT molecular complexity index is 521. The number of hydrogen-bond acceptors (Lipinski definition) is 2. The Hall–Kier alpha value is -1.38. The Balaban J connectivity index is 2.24. The zero-order chi connectivity index (χ0) is 13.1. The topological polar surface area (TPSA) is 46.2 Å². The zero-order valence-electron chi connectivity index (χ0n) is 11.0. The lowest BCUT2D eigenvalue weighted by molar-refractivity contribution is 0.136. The molecule has 0 saturated heterocycles. The van der Waals surface area contributed by atoms with E-state index in [1.807, 2.05) is 30.3 Å². The highest BCUT2D eigenvalue weighted by Crippen LogP contribution is 2.24. The summed E-state index contributed by atoms with van der Waals surface area (Å²) in [7, 11) is 0. The van der Waals surface area contributed by atoms with E-state index < -0.39 is 6.10 Å². The molecular formula is C16H21NO. The van der Waals surface area contributed by atoms with Crippen LogP contribution in [0.25, 0.3) is 10.8 Å². The highest BCUT2D eigenvalue weighted by Gasteiger charge is 2.18. The molecule has 2 heteroatoms. The van der Waals surface area contributed by atoms with Crippen molar-refractivity contribution in [1.29, 1.82) is 0 Å². The van der Waals surface area contributed by atoms with Crippen LogP contribution in [-0.2, 0) is 0 Å². The van der Waals surface area contributed by atoms with E-state index in [-0.39, 0.29) is 6.04 Å². The van der Waals surface area contributed by atoms with Crippen molar-refractivity contribution in [2.24, 2.45) is 11.7 Å². The maximum absolute atomic E-state index is 10.3. The summed E-state index contributed by atoms with van der Waals surface area (Å²) >= 11 is 0. The van der Waals surface area contributed by atoms with E-state index in [0.717, 1.165) is 17.4 Å². The predicted octanol–water partition coefficient (Wildman–Crippen LogP) is 3.25. The van der Waals surface area contributed by atoms with E-state index >= 15 is 0 Å². The second-order valence-corrected chi connectivity index (χ2v) is 5.34. The summed E-state index contributed by atoms with van der Waals surface area (Å²) in [6.07, 6.45) is 0.241. The van der Waals surface area contributed by atoms with Gasteiger partial charge >= 0.3 is 0 Å². The van der Waals surface area contributed by atoms with Gasteiger partial charge in [-0.05, 0) is 34.7 Å². The van der Waals surface area contributed by atoms with Gasteiger partial charge < -0.3 is 10.8 Å². The molecule has 0 heterocycles. The average molecular weight is 243 g/mol. The molecule has 0 saturated carbocycles. The van der Waals surface area contributed by atoms with Crippen molar-refractivity contribution >= 4 is 10.8 Å². The summed E-state index contributed by atoms with van der Waals surface area (Å²) in [6, 6.07) is 14.0. The first kappa shape index (κ1) is 13.1. The number of aliphatic hydroxyl groups is 1. The van der Waals surface area contributed by atoms with Crippen molar-refractivity contribution in [1.82, 2.24) is 0 Å². The molecule has 2 atom stereocenters. The number of aliphatic hydroxyl groups excluding tert-OH is 1. The van der Waals surface area contributed by atoms with E-state index in [9.17, 15) is 5.11 Å². The lowest BCUT2D eigenvalue weighted by atomic mass is 9.94. The third kappa shape index (κ3) is 2.89. The van der Waals surface area contributed by atoms with Crippen molar-refractivity contribution in [3.05, 3.63) is 48.0 Å². The Morgan fingerprint density at radius 1 is 1.06 bits per heavy atom. The first-order valence-corrected chi connectivity index (χ1v) is 6.50. The molecule has 0 aliphatic rings. The highest BCUT2D eigenvalue weighted by molar-refractivity contribution is 5.83. The predicted molar refractivity (Wildman–Crippen MR) is 76.3 cm³/mol. The Morgan fingerprint density at radius 2 is 1.72 bits per heavy atom. The van der Waals surface area contributed by atoms with Gasteiger partial charge in [-0.2, -0.15) is 0 Å². The van der Waals surface area contributed by atoms with Gasteiger partial charge in [0.05, 0.1) is 6.10 Å². The second kappa shape index (κ2) is 5.51. The van der Waals surface area contributed by atoms with Gasteiger partial charge in [-0.15, -0.1) is 0 Å². The van der Waals surface area contributed by atoms with Crippen LogP contribution in [0.4, 0.5) is 0 Å². The van der Waals surface area contributed by atoms with Gasteiger partial charge in [-0.3, -0.25) is 0 Å². The molecule has 96 valence electrons. The molecule has 2 aromatic carbocycles. The molecule has 0 aliphatic heterocycles. The van der Waals surface area contributed by atoms with Crippen LogP contribution in [-0.4, -0.2) is 11.1 Å². The first-order chi connectivity index (χ1) is 8.58. The van der Waals surface area contributed by atoms with Crippen LogP contribution >= 0.6 is 0 Å². The number of benzene rings is 2. The van der Waals surface area contributed by atoms with Crippen LogP contribution in [0.1, 0.15) is 31.9 Å². The molecule has 2 nitrogen and oxygen atoms in total. The van der Waals surface area contributed by atoms with Crippen LogP contribution in [0.5, 0.6) is 0 Å². The third-order valence-electron chi connectivity index (χ3n) is 3.26. The van der Waals surface area contributed by atoms with Crippen LogP contribution in [0.2, 0.25) is 0 Å². The minimum absolute atomic E-state index is 0.203. The summed E-state index contributed by atoms with van der Waals surface area (Å²) in [4.78, 5) is 0. The quantitative estimate of drug-likeness (QED) is 0.866. The van der Waals surface area contributed by atoms with Gasteiger partial charge in [0.2, 0.25) is 0 Å². The minimum Gasteiger partial charge on any atom is -0.387 e. The third-order valence-corrected chi connectivity index (χ3v) is 3.26. The van der Waals surface area contributed by atoms with Crippen LogP contribution in [0.3, 0.4) is 0 Å². The van der Waals surface area contributed by atoms with E-state index in [4.69, 9.17) is 5.73 Å². The van der Waals surface area contributed by atoms with E-state index in [1.54, 1.807) is 0 Å². The molecule has 2 aromatic rings. The van der Waals surface area contributed by atoms with Gasteiger partial charge in [-0.1, -0.05) is 50.2 Å². The summed E-state index contributed by atoms with van der Waals surface area (Å²) in [5.74, 6) is 0.495. The van der Waals surface area contributed by atoms with Gasteiger partial charge in [0.1, 0.15) is 0 Å².